The third kappa shape index (κ3) is 5.37. The van der Waals surface area contributed by atoms with Crippen LogP contribution in [0, 0.1) is 12.8 Å². The van der Waals surface area contributed by atoms with E-state index in [-0.39, 0.29) is 6.10 Å². The second-order valence-electron chi connectivity index (χ2n) is 5.82. The Morgan fingerprint density at radius 1 is 1.52 bits per heavy atom. The van der Waals surface area contributed by atoms with Crippen LogP contribution < -0.4 is 10.6 Å². The molecular weight excluding hydrogens is 316 g/mol. The zero-order chi connectivity index (χ0) is 16.7. The van der Waals surface area contributed by atoms with E-state index in [0.717, 1.165) is 36.5 Å². The molecule has 2 atom stereocenters. The number of carbonyl (C=O) groups is 1. The van der Waals surface area contributed by atoms with E-state index in [0.29, 0.717) is 19.1 Å². The Bertz CT molecular complexity index is 519. The van der Waals surface area contributed by atoms with Gasteiger partial charge in [-0.2, -0.15) is 0 Å². The lowest BCUT2D eigenvalue weighted by Gasteiger charge is -2.32. The molecule has 0 unspecified atom stereocenters. The molecule has 2 N–H and O–H groups in total. The largest absolute Gasteiger partial charge is 0.453 e. The minimum atomic E-state index is -0.441. The number of carbonyl (C=O) groups excluding carboxylic acids is 1. The van der Waals surface area contributed by atoms with Crippen LogP contribution in [0.4, 0.5) is 4.79 Å². The van der Waals surface area contributed by atoms with E-state index in [1.807, 2.05) is 18.2 Å². The number of hydrogen-bond acceptors (Lipinski definition) is 4. The highest BCUT2D eigenvalue weighted by Crippen LogP contribution is 2.33. The Morgan fingerprint density at radius 3 is 3.04 bits per heavy atom. The molecule has 0 aliphatic carbocycles. The SMILES string of the molecule is COC(=O)NCCO[C@@H](c1cc(Cl)ccc1C)[C@@H]1CCCNC1. The second-order valence-corrected chi connectivity index (χ2v) is 6.25. The molecule has 1 saturated heterocycles. The van der Waals surface area contributed by atoms with Gasteiger partial charge in [0.1, 0.15) is 0 Å². The predicted molar refractivity (Wildman–Crippen MR) is 90.9 cm³/mol. The molecule has 0 aromatic heterocycles. The van der Waals surface area contributed by atoms with Crippen molar-refractivity contribution in [3.05, 3.63) is 34.3 Å². The molecule has 0 bridgehead atoms. The van der Waals surface area contributed by atoms with Gasteiger partial charge < -0.3 is 20.1 Å². The van der Waals surface area contributed by atoms with Crippen molar-refractivity contribution in [3.63, 3.8) is 0 Å². The van der Waals surface area contributed by atoms with Crippen LogP contribution in [0.25, 0.3) is 0 Å². The highest BCUT2D eigenvalue weighted by molar-refractivity contribution is 6.30. The number of rotatable bonds is 6. The summed E-state index contributed by atoms with van der Waals surface area (Å²) in [6.07, 6.45) is 1.79. The summed E-state index contributed by atoms with van der Waals surface area (Å²) in [6.45, 7) is 4.92. The average Bonchev–Trinajstić information content (AvgIpc) is 2.58. The third-order valence-electron chi connectivity index (χ3n) is 4.17. The predicted octanol–water partition coefficient (Wildman–Crippen LogP) is 3.06. The summed E-state index contributed by atoms with van der Waals surface area (Å²) in [5.74, 6) is 0.402. The highest BCUT2D eigenvalue weighted by atomic mass is 35.5. The maximum absolute atomic E-state index is 11.1. The summed E-state index contributed by atoms with van der Waals surface area (Å²) in [6, 6.07) is 5.91. The van der Waals surface area contributed by atoms with Crippen molar-refractivity contribution in [1.29, 1.82) is 0 Å². The molecule has 1 aromatic carbocycles. The Hall–Kier alpha value is -1.30. The van der Waals surface area contributed by atoms with Crippen LogP contribution in [0.1, 0.15) is 30.1 Å². The van der Waals surface area contributed by atoms with Gasteiger partial charge in [0.2, 0.25) is 0 Å². The van der Waals surface area contributed by atoms with E-state index in [2.05, 4.69) is 22.3 Å². The fraction of sp³-hybridized carbons (Fsp3) is 0.588. The van der Waals surface area contributed by atoms with Crippen molar-refractivity contribution in [2.75, 3.05) is 33.4 Å². The van der Waals surface area contributed by atoms with E-state index in [1.165, 1.54) is 12.7 Å². The van der Waals surface area contributed by atoms with E-state index in [1.54, 1.807) is 0 Å². The normalized spacial score (nSPS) is 19.2. The van der Waals surface area contributed by atoms with Gasteiger partial charge in [-0.15, -0.1) is 0 Å². The number of hydrogen-bond donors (Lipinski definition) is 2. The van der Waals surface area contributed by atoms with Crippen LogP contribution in [0.2, 0.25) is 5.02 Å². The minimum absolute atomic E-state index is 0.0269. The zero-order valence-corrected chi connectivity index (χ0v) is 14.5. The van der Waals surface area contributed by atoms with Crippen LogP contribution in [0.5, 0.6) is 0 Å². The van der Waals surface area contributed by atoms with Gasteiger partial charge in [-0.25, -0.2) is 4.79 Å². The standard InChI is InChI=1S/C17H25ClN2O3/c1-12-5-6-14(18)10-15(12)16(13-4-3-7-19-11-13)23-9-8-20-17(21)22-2/h5-6,10,13,16,19H,3-4,7-9,11H2,1-2H3,(H,20,21)/t13-,16-/m1/s1. The van der Waals surface area contributed by atoms with Crippen molar-refractivity contribution >= 4 is 17.7 Å². The molecule has 128 valence electrons. The molecule has 1 aliphatic rings. The lowest BCUT2D eigenvalue weighted by atomic mass is 9.87. The van der Waals surface area contributed by atoms with Crippen LogP contribution in [-0.2, 0) is 9.47 Å². The van der Waals surface area contributed by atoms with Crippen molar-refractivity contribution in [2.45, 2.75) is 25.9 Å². The van der Waals surface area contributed by atoms with Crippen molar-refractivity contribution in [1.82, 2.24) is 10.6 Å². The number of ether oxygens (including phenoxy) is 2. The Morgan fingerprint density at radius 2 is 2.35 bits per heavy atom. The first-order chi connectivity index (χ1) is 11.1. The topological polar surface area (TPSA) is 59.6 Å². The number of piperidine rings is 1. The maximum atomic E-state index is 11.1. The molecular formula is C17H25ClN2O3. The molecule has 0 spiro atoms. The summed E-state index contributed by atoms with van der Waals surface area (Å²) in [5.41, 5.74) is 2.30. The van der Waals surface area contributed by atoms with Gasteiger partial charge in [0, 0.05) is 24.0 Å². The second kappa shape index (κ2) is 9.11. The van der Waals surface area contributed by atoms with Crippen LogP contribution >= 0.6 is 11.6 Å². The molecule has 1 amide bonds. The van der Waals surface area contributed by atoms with E-state index >= 15 is 0 Å². The molecule has 1 heterocycles. The fourth-order valence-electron chi connectivity index (χ4n) is 2.95. The Kier molecular flexibility index (Phi) is 7.15. The summed E-state index contributed by atoms with van der Waals surface area (Å²) in [4.78, 5) is 11.1. The van der Waals surface area contributed by atoms with Crippen LogP contribution in [0.15, 0.2) is 18.2 Å². The quantitative estimate of drug-likeness (QED) is 0.781. The van der Waals surface area contributed by atoms with Crippen LogP contribution in [-0.4, -0.2) is 39.4 Å². The first-order valence-electron chi connectivity index (χ1n) is 8.02. The molecule has 1 fully saturated rings. The average molecular weight is 341 g/mol. The van der Waals surface area contributed by atoms with Crippen molar-refractivity contribution < 1.29 is 14.3 Å². The molecule has 0 radical (unpaired) electrons. The number of amides is 1. The smallest absolute Gasteiger partial charge is 0.406 e. The lowest BCUT2D eigenvalue weighted by Crippen LogP contribution is -2.35. The molecule has 1 aromatic rings. The molecule has 23 heavy (non-hydrogen) atoms. The van der Waals surface area contributed by atoms with Gasteiger partial charge in [-0.1, -0.05) is 17.7 Å². The Balaban J connectivity index is 2.05. The first-order valence-corrected chi connectivity index (χ1v) is 8.40. The molecule has 2 rings (SSSR count). The molecule has 6 heteroatoms. The van der Waals surface area contributed by atoms with Gasteiger partial charge in [-0.05, 0) is 49.6 Å². The summed E-state index contributed by atoms with van der Waals surface area (Å²) in [5, 5.41) is 6.79. The lowest BCUT2D eigenvalue weighted by molar-refractivity contribution is 0.00437. The summed E-state index contributed by atoms with van der Waals surface area (Å²) < 4.78 is 10.7. The van der Waals surface area contributed by atoms with Gasteiger partial charge in [0.25, 0.3) is 0 Å². The summed E-state index contributed by atoms with van der Waals surface area (Å²) in [7, 11) is 1.35. The zero-order valence-electron chi connectivity index (χ0n) is 13.7. The first kappa shape index (κ1) is 18.0. The Labute approximate surface area is 142 Å². The maximum Gasteiger partial charge on any atom is 0.406 e. The number of alkyl carbamates (subject to hydrolysis) is 1. The minimum Gasteiger partial charge on any atom is -0.453 e. The monoisotopic (exact) mass is 340 g/mol. The van der Waals surface area contributed by atoms with Crippen molar-refractivity contribution in [2.24, 2.45) is 5.92 Å². The van der Waals surface area contributed by atoms with Crippen LogP contribution in [0.3, 0.4) is 0 Å². The number of aryl methyl sites for hydroxylation is 1. The van der Waals surface area contributed by atoms with E-state index < -0.39 is 6.09 Å². The molecule has 5 nitrogen and oxygen atoms in total. The number of benzene rings is 1. The molecule has 1 aliphatic heterocycles. The van der Waals surface area contributed by atoms with Gasteiger partial charge in [-0.3, -0.25) is 0 Å². The van der Waals surface area contributed by atoms with E-state index in [4.69, 9.17) is 16.3 Å². The highest BCUT2D eigenvalue weighted by Gasteiger charge is 2.27. The van der Waals surface area contributed by atoms with Gasteiger partial charge in [0.15, 0.2) is 0 Å². The summed E-state index contributed by atoms with van der Waals surface area (Å²) >= 11 is 6.18. The number of methoxy groups -OCH3 is 1. The fourth-order valence-corrected chi connectivity index (χ4v) is 3.13. The number of nitrogens with one attached hydrogen (secondary N) is 2. The van der Waals surface area contributed by atoms with Crippen molar-refractivity contribution in [3.8, 4) is 0 Å². The molecule has 0 saturated carbocycles. The number of halogens is 1. The van der Waals surface area contributed by atoms with Gasteiger partial charge >= 0.3 is 6.09 Å². The van der Waals surface area contributed by atoms with Gasteiger partial charge in [0.05, 0.1) is 19.8 Å². The van der Waals surface area contributed by atoms with E-state index in [9.17, 15) is 4.79 Å². The third-order valence-corrected chi connectivity index (χ3v) is 4.40.